The van der Waals surface area contributed by atoms with Crippen LogP contribution in [-0.4, -0.2) is 54.5 Å². The number of piperidine rings is 1. The third-order valence-corrected chi connectivity index (χ3v) is 5.85. The van der Waals surface area contributed by atoms with Crippen LogP contribution in [0, 0.1) is 11.8 Å². The molecule has 2 saturated heterocycles. The van der Waals surface area contributed by atoms with Gasteiger partial charge in [0.2, 0.25) is 5.91 Å². The Kier molecular flexibility index (Phi) is 5.92. The molecule has 2 aliphatic heterocycles. The summed E-state index contributed by atoms with van der Waals surface area (Å²) in [4.78, 5) is 16.6. The number of likely N-dealkylation sites (tertiary alicyclic amines) is 1. The number of rotatable bonds is 3. The summed E-state index contributed by atoms with van der Waals surface area (Å²) in [6.07, 6.45) is 9.05. The number of amides is 1. The van der Waals surface area contributed by atoms with Crippen molar-refractivity contribution in [3.63, 3.8) is 0 Å². The lowest BCUT2D eigenvalue weighted by Crippen LogP contribution is -2.62. The summed E-state index contributed by atoms with van der Waals surface area (Å²) in [6.45, 7) is 3.54. The molecule has 2 atom stereocenters. The molecular weight excluding hydrogens is 286 g/mol. The summed E-state index contributed by atoms with van der Waals surface area (Å²) < 4.78 is 0. The maximum Gasteiger partial charge on any atom is 0.220 e. The fourth-order valence-corrected chi connectivity index (χ4v) is 4.58. The standard InChI is InChI=1S/C16H29N3O.ClH/c1-18-14-7-13(16(17)20)8-15(18)11-19(10-14)9-12-5-3-2-4-6-12;/h12-15H,2-11H2,1H3,(H2,17,20);1H. The van der Waals surface area contributed by atoms with Crippen LogP contribution in [0.25, 0.3) is 0 Å². The van der Waals surface area contributed by atoms with Crippen molar-refractivity contribution in [2.45, 2.75) is 57.0 Å². The summed E-state index contributed by atoms with van der Waals surface area (Å²) in [5.74, 6) is 0.937. The maximum absolute atomic E-state index is 11.5. The van der Waals surface area contributed by atoms with Crippen LogP contribution >= 0.6 is 12.4 Å². The van der Waals surface area contributed by atoms with Gasteiger partial charge in [-0.05, 0) is 38.6 Å². The van der Waals surface area contributed by atoms with Gasteiger partial charge in [0.05, 0.1) is 0 Å². The van der Waals surface area contributed by atoms with E-state index in [4.69, 9.17) is 5.73 Å². The van der Waals surface area contributed by atoms with Crippen LogP contribution in [0.1, 0.15) is 44.9 Å². The fraction of sp³-hybridized carbons (Fsp3) is 0.938. The summed E-state index contributed by atoms with van der Waals surface area (Å²) in [7, 11) is 2.23. The van der Waals surface area contributed by atoms with Crippen LogP contribution in [0.2, 0.25) is 0 Å². The van der Waals surface area contributed by atoms with Crippen molar-refractivity contribution in [3.8, 4) is 0 Å². The van der Waals surface area contributed by atoms with Gasteiger partial charge in [0, 0.05) is 37.6 Å². The molecule has 0 radical (unpaired) electrons. The quantitative estimate of drug-likeness (QED) is 0.865. The minimum Gasteiger partial charge on any atom is -0.369 e. The van der Waals surface area contributed by atoms with Crippen molar-refractivity contribution >= 4 is 18.3 Å². The van der Waals surface area contributed by atoms with Crippen molar-refractivity contribution < 1.29 is 4.79 Å². The fourth-order valence-electron chi connectivity index (χ4n) is 4.58. The molecule has 1 saturated carbocycles. The van der Waals surface area contributed by atoms with Gasteiger partial charge in [-0.15, -0.1) is 12.4 Å². The summed E-state index contributed by atoms with van der Waals surface area (Å²) in [5.41, 5.74) is 5.53. The van der Waals surface area contributed by atoms with E-state index in [2.05, 4.69) is 16.8 Å². The lowest BCUT2D eigenvalue weighted by Gasteiger charge is -2.51. The van der Waals surface area contributed by atoms with Crippen molar-refractivity contribution in [1.82, 2.24) is 9.80 Å². The molecule has 2 bridgehead atoms. The topological polar surface area (TPSA) is 49.6 Å². The van der Waals surface area contributed by atoms with Gasteiger partial charge in [0.1, 0.15) is 0 Å². The number of nitrogens with zero attached hydrogens (tertiary/aromatic N) is 2. The molecule has 0 aromatic rings. The molecule has 3 rings (SSSR count). The highest BCUT2D eigenvalue weighted by atomic mass is 35.5. The van der Waals surface area contributed by atoms with Crippen LogP contribution < -0.4 is 5.73 Å². The van der Waals surface area contributed by atoms with E-state index in [1.807, 2.05) is 0 Å². The second-order valence-electron chi connectivity index (χ2n) is 7.27. The van der Waals surface area contributed by atoms with Crippen LogP contribution in [0.5, 0.6) is 0 Å². The summed E-state index contributed by atoms with van der Waals surface area (Å²) in [6, 6.07) is 1.06. The van der Waals surface area contributed by atoms with E-state index in [-0.39, 0.29) is 24.2 Å². The lowest BCUT2D eigenvalue weighted by atomic mass is 9.82. The number of carbonyl (C=O) groups excluding carboxylic acids is 1. The van der Waals surface area contributed by atoms with Gasteiger partial charge in [-0.25, -0.2) is 0 Å². The first-order valence-corrected chi connectivity index (χ1v) is 8.37. The molecule has 0 aromatic carbocycles. The molecule has 5 heteroatoms. The number of hydrogen-bond acceptors (Lipinski definition) is 3. The Hall–Kier alpha value is -0.320. The van der Waals surface area contributed by atoms with Crippen LogP contribution in [-0.2, 0) is 4.79 Å². The zero-order valence-electron chi connectivity index (χ0n) is 13.2. The number of fused-ring (bicyclic) bond motifs is 2. The van der Waals surface area contributed by atoms with E-state index in [0.717, 1.165) is 31.8 Å². The van der Waals surface area contributed by atoms with Crippen molar-refractivity contribution in [2.24, 2.45) is 17.6 Å². The number of hydrogen-bond donors (Lipinski definition) is 1. The molecule has 3 fully saturated rings. The van der Waals surface area contributed by atoms with Gasteiger partial charge in [-0.2, -0.15) is 0 Å². The molecule has 21 heavy (non-hydrogen) atoms. The predicted molar refractivity (Wildman–Crippen MR) is 87.5 cm³/mol. The highest BCUT2D eigenvalue weighted by Gasteiger charge is 2.41. The largest absolute Gasteiger partial charge is 0.369 e. The molecular formula is C16H30ClN3O. The molecule has 0 spiro atoms. The Labute approximate surface area is 134 Å². The first-order valence-electron chi connectivity index (χ1n) is 8.37. The normalized spacial score (nSPS) is 35.2. The Morgan fingerprint density at radius 3 is 2.19 bits per heavy atom. The minimum absolute atomic E-state index is 0. The lowest BCUT2D eigenvalue weighted by molar-refractivity contribution is -0.126. The second kappa shape index (κ2) is 7.30. The van der Waals surface area contributed by atoms with Crippen LogP contribution in [0.4, 0.5) is 0 Å². The SMILES string of the molecule is CN1C2CC(C(N)=O)CC1CN(CC1CCCCC1)C2.Cl. The molecule has 1 aliphatic carbocycles. The zero-order chi connectivity index (χ0) is 14.1. The highest BCUT2D eigenvalue weighted by Crippen LogP contribution is 2.32. The number of primary amides is 1. The van der Waals surface area contributed by atoms with Crippen molar-refractivity contribution in [2.75, 3.05) is 26.7 Å². The molecule has 4 nitrogen and oxygen atoms in total. The number of halogens is 1. The van der Waals surface area contributed by atoms with Gasteiger partial charge in [-0.1, -0.05) is 19.3 Å². The number of likely N-dealkylation sites (N-methyl/N-ethyl adjacent to an activating group) is 1. The zero-order valence-corrected chi connectivity index (χ0v) is 14.0. The smallest absolute Gasteiger partial charge is 0.220 e. The average molecular weight is 316 g/mol. The number of nitrogens with two attached hydrogens (primary N) is 1. The highest BCUT2D eigenvalue weighted by molar-refractivity contribution is 5.85. The molecule has 2 heterocycles. The molecule has 3 aliphatic rings. The molecule has 2 N–H and O–H groups in total. The predicted octanol–water partition coefficient (Wildman–Crippen LogP) is 1.87. The van der Waals surface area contributed by atoms with Gasteiger partial charge in [0.15, 0.2) is 0 Å². The first kappa shape index (κ1) is 17.0. The van der Waals surface area contributed by atoms with Gasteiger partial charge in [-0.3, -0.25) is 14.6 Å². The molecule has 2 unspecified atom stereocenters. The monoisotopic (exact) mass is 315 g/mol. The first-order chi connectivity index (χ1) is 9.63. The summed E-state index contributed by atoms with van der Waals surface area (Å²) in [5, 5.41) is 0. The number of carbonyl (C=O) groups is 1. The Bertz CT molecular complexity index is 343. The molecule has 122 valence electrons. The van der Waals surface area contributed by atoms with E-state index in [1.165, 1.54) is 38.6 Å². The van der Waals surface area contributed by atoms with Gasteiger partial charge in [0.25, 0.3) is 0 Å². The van der Waals surface area contributed by atoms with Crippen LogP contribution in [0.3, 0.4) is 0 Å². The Morgan fingerprint density at radius 2 is 1.67 bits per heavy atom. The number of piperazine rings is 1. The van der Waals surface area contributed by atoms with E-state index >= 15 is 0 Å². The van der Waals surface area contributed by atoms with E-state index in [0.29, 0.717) is 12.1 Å². The molecule has 1 amide bonds. The Morgan fingerprint density at radius 1 is 1.10 bits per heavy atom. The Balaban J connectivity index is 0.00000161. The van der Waals surface area contributed by atoms with Crippen LogP contribution in [0.15, 0.2) is 0 Å². The van der Waals surface area contributed by atoms with Crippen molar-refractivity contribution in [3.05, 3.63) is 0 Å². The van der Waals surface area contributed by atoms with E-state index < -0.39 is 0 Å². The van der Waals surface area contributed by atoms with Gasteiger partial charge >= 0.3 is 0 Å². The molecule has 0 aromatic heterocycles. The summed E-state index contributed by atoms with van der Waals surface area (Å²) >= 11 is 0. The third kappa shape index (κ3) is 3.91. The third-order valence-electron chi connectivity index (χ3n) is 5.85. The minimum atomic E-state index is -0.0890. The maximum atomic E-state index is 11.5. The van der Waals surface area contributed by atoms with Gasteiger partial charge < -0.3 is 5.73 Å². The van der Waals surface area contributed by atoms with E-state index in [1.54, 1.807) is 0 Å². The van der Waals surface area contributed by atoms with Crippen molar-refractivity contribution in [1.29, 1.82) is 0 Å². The average Bonchev–Trinajstić information content (AvgIpc) is 2.40. The second-order valence-corrected chi connectivity index (χ2v) is 7.27. The van der Waals surface area contributed by atoms with E-state index in [9.17, 15) is 4.79 Å².